The maximum Gasteiger partial charge on any atom is 0.211 e. The second-order valence-electron chi connectivity index (χ2n) is 6.35. The molecule has 0 amide bonds. The van der Waals surface area contributed by atoms with Crippen molar-refractivity contribution in [1.29, 1.82) is 0 Å². The minimum atomic E-state index is 0.0458. The molecule has 0 N–H and O–H groups in total. The van der Waals surface area contributed by atoms with E-state index < -0.39 is 0 Å². The van der Waals surface area contributed by atoms with Gasteiger partial charge in [0.25, 0.3) is 0 Å². The average Bonchev–Trinajstić information content (AvgIpc) is 2.89. The van der Waals surface area contributed by atoms with Crippen LogP contribution in [0.3, 0.4) is 0 Å². The smallest absolute Gasteiger partial charge is 0.211 e. The highest BCUT2D eigenvalue weighted by molar-refractivity contribution is 6.08. The third-order valence-corrected chi connectivity index (χ3v) is 3.74. The van der Waals surface area contributed by atoms with E-state index in [-0.39, 0.29) is 11.2 Å². The summed E-state index contributed by atoms with van der Waals surface area (Å²) in [7, 11) is 0. The Hall–Kier alpha value is -1.90. The number of rotatable bonds is 4. The molecule has 0 atom stereocenters. The molecule has 0 bridgehead atoms. The normalized spacial score (nSPS) is 11.7. The van der Waals surface area contributed by atoms with Crippen molar-refractivity contribution in [3.05, 3.63) is 52.8 Å². The third-order valence-electron chi connectivity index (χ3n) is 3.74. The summed E-state index contributed by atoms with van der Waals surface area (Å²) < 4.78 is 1.79. The Kier molecular flexibility index (Phi) is 4.31. The van der Waals surface area contributed by atoms with Crippen LogP contribution in [0.5, 0.6) is 0 Å². The Balaban J connectivity index is 2.34. The summed E-state index contributed by atoms with van der Waals surface area (Å²) in [4.78, 5) is 12.7. The highest BCUT2D eigenvalue weighted by atomic mass is 16.1. The quantitative estimate of drug-likeness (QED) is 0.796. The second kappa shape index (κ2) is 5.84. The zero-order valence-corrected chi connectivity index (χ0v) is 13.6. The van der Waals surface area contributed by atoms with E-state index in [0.717, 1.165) is 17.7 Å². The molecule has 112 valence electrons. The highest BCUT2D eigenvalue weighted by Gasteiger charge is 2.18. The van der Waals surface area contributed by atoms with Crippen molar-refractivity contribution < 1.29 is 4.79 Å². The van der Waals surface area contributed by atoms with Gasteiger partial charge >= 0.3 is 0 Å². The van der Waals surface area contributed by atoms with Gasteiger partial charge in [-0.05, 0) is 30.4 Å². The van der Waals surface area contributed by atoms with E-state index in [2.05, 4.69) is 32.8 Å². The van der Waals surface area contributed by atoms with Crippen LogP contribution < -0.4 is 0 Å². The number of nitrogens with zero attached hydrogens (tertiary/aromatic N) is 2. The molecular weight excluding hydrogens is 260 g/mol. The molecule has 0 saturated heterocycles. The number of benzene rings is 1. The number of aromatic nitrogens is 2. The topological polar surface area (TPSA) is 34.9 Å². The van der Waals surface area contributed by atoms with E-state index in [4.69, 9.17) is 0 Å². The minimum Gasteiger partial charge on any atom is -0.287 e. The molecule has 3 heteroatoms. The molecule has 0 saturated carbocycles. The average molecular weight is 284 g/mol. The highest BCUT2D eigenvalue weighted by Crippen LogP contribution is 2.23. The lowest BCUT2D eigenvalue weighted by Gasteiger charge is -2.19. The van der Waals surface area contributed by atoms with Crippen molar-refractivity contribution in [3.8, 4) is 0 Å². The molecule has 1 heterocycles. The fourth-order valence-electron chi connectivity index (χ4n) is 2.34. The molecule has 1 aromatic heterocycles. The summed E-state index contributed by atoms with van der Waals surface area (Å²) in [5.74, 6) is 0.0458. The first-order valence-corrected chi connectivity index (χ1v) is 7.58. The molecule has 0 radical (unpaired) electrons. The number of carbonyl (C=O) groups is 1. The van der Waals surface area contributed by atoms with Gasteiger partial charge in [-0.3, -0.25) is 9.48 Å². The zero-order valence-electron chi connectivity index (χ0n) is 13.6. The fourth-order valence-corrected chi connectivity index (χ4v) is 2.34. The zero-order chi connectivity index (χ0) is 15.6. The van der Waals surface area contributed by atoms with E-state index in [1.54, 1.807) is 4.68 Å². The molecule has 0 unspecified atom stereocenters. The van der Waals surface area contributed by atoms with Crippen LogP contribution >= 0.6 is 0 Å². The molecule has 0 fully saturated rings. The van der Waals surface area contributed by atoms with Crippen LogP contribution in [0.15, 0.2) is 30.3 Å². The molecule has 3 nitrogen and oxygen atoms in total. The van der Waals surface area contributed by atoms with Crippen LogP contribution in [-0.2, 0) is 18.4 Å². The van der Waals surface area contributed by atoms with E-state index in [1.807, 2.05) is 37.3 Å². The van der Waals surface area contributed by atoms with Crippen LogP contribution in [0.1, 0.15) is 61.9 Å². The molecule has 1 aromatic carbocycles. The van der Waals surface area contributed by atoms with E-state index >= 15 is 0 Å². The lowest BCUT2D eigenvalue weighted by Crippen LogP contribution is -2.13. The van der Waals surface area contributed by atoms with Crippen molar-refractivity contribution in [3.63, 3.8) is 0 Å². The van der Waals surface area contributed by atoms with Crippen molar-refractivity contribution in [2.75, 3.05) is 0 Å². The van der Waals surface area contributed by atoms with Crippen LogP contribution in [-0.4, -0.2) is 15.6 Å². The van der Waals surface area contributed by atoms with E-state index in [1.165, 1.54) is 5.56 Å². The van der Waals surface area contributed by atoms with Crippen LogP contribution in [0.25, 0.3) is 0 Å². The Bertz CT molecular complexity index is 630. The first kappa shape index (κ1) is 15.5. The molecule has 0 aliphatic heterocycles. The standard InChI is InChI=1S/C18H24N2O/c1-6-15-12-16(20(7-2)19-15)17(21)13-8-10-14(11-9-13)18(3,4)5/h8-12H,6-7H2,1-5H3. The van der Waals surface area contributed by atoms with Gasteiger partial charge in [-0.2, -0.15) is 5.10 Å². The van der Waals surface area contributed by atoms with Gasteiger partial charge in [0.15, 0.2) is 0 Å². The predicted molar refractivity (Wildman–Crippen MR) is 85.9 cm³/mol. The Morgan fingerprint density at radius 3 is 2.24 bits per heavy atom. The molecular formula is C18H24N2O. The minimum absolute atomic E-state index is 0.0458. The summed E-state index contributed by atoms with van der Waals surface area (Å²) in [6.45, 7) is 11.3. The Labute approximate surface area is 127 Å². The lowest BCUT2D eigenvalue weighted by atomic mass is 9.86. The predicted octanol–water partition coefficient (Wildman–Crippen LogP) is 3.99. The van der Waals surface area contributed by atoms with Gasteiger partial charge in [0, 0.05) is 12.1 Å². The number of hydrogen-bond donors (Lipinski definition) is 0. The van der Waals surface area contributed by atoms with Crippen molar-refractivity contribution in [2.45, 2.75) is 53.0 Å². The van der Waals surface area contributed by atoms with Gasteiger partial charge in [-0.25, -0.2) is 0 Å². The van der Waals surface area contributed by atoms with Gasteiger partial charge in [0.1, 0.15) is 5.69 Å². The SMILES string of the molecule is CCc1cc(C(=O)c2ccc(C(C)(C)C)cc2)n(CC)n1. The molecule has 2 aromatic rings. The van der Waals surface area contributed by atoms with Crippen molar-refractivity contribution in [1.82, 2.24) is 9.78 Å². The monoisotopic (exact) mass is 284 g/mol. The fraction of sp³-hybridized carbons (Fsp3) is 0.444. The van der Waals surface area contributed by atoms with Crippen LogP contribution in [0.2, 0.25) is 0 Å². The summed E-state index contributed by atoms with van der Waals surface area (Å²) in [6.07, 6.45) is 0.843. The third kappa shape index (κ3) is 3.23. The van der Waals surface area contributed by atoms with Gasteiger partial charge in [0.2, 0.25) is 5.78 Å². The second-order valence-corrected chi connectivity index (χ2v) is 6.35. The van der Waals surface area contributed by atoms with Crippen LogP contribution in [0.4, 0.5) is 0 Å². The van der Waals surface area contributed by atoms with Crippen LogP contribution in [0, 0.1) is 0 Å². The number of carbonyl (C=O) groups excluding carboxylic acids is 1. The van der Waals surface area contributed by atoms with Crippen molar-refractivity contribution >= 4 is 5.78 Å². The van der Waals surface area contributed by atoms with E-state index in [0.29, 0.717) is 12.2 Å². The summed E-state index contributed by atoms with van der Waals surface area (Å²) >= 11 is 0. The van der Waals surface area contributed by atoms with Gasteiger partial charge in [-0.15, -0.1) is 0 Å². The maximum absolute atomic E-state index is 12.7. The van der Waals surface area contributed by atoms with Gasteiger partial charge in [0.05, 0.1) is 5.69 Å². The summed E-state index contributed by atoms with van der Waals surface area (Å²) in [6, 6.07) is 9.83. The molecule has 0 aliphatic rings. The molecule has 0 spiro atoms. The number of hydrogen-bond acceptors (Lipinski definition) is 2. The Morgan fingerprint density at radius 1 is 1.14 bits per heavy atom. The Morgan fingerprint density at radius 2 is 1.76 bits per heavy atom. The molecule has 0 aliphatic carbocycles. The van der Waals surface area contributed by atoms with E-state index in [9.17, 15) is 4.79 Å². The molecule has 2 rings (SSSR count). The first-order chi connectivity index (χ1) is 9.86. The van der Waals surface area contributed by atoms with Gasteiger partial charge < -0.3 is 0 Å². The molecule has 21 heavy (non-hydrogen) atoms. The lowest BCUT2D eigenvalue weighted by molar-refractivity contribution is 0.102. The summed E-state index contributed by atoms with van der Waals surface area (Å²) in [5, 5.41) is 4.45. The van der Waals surface area contributed by atoms with Gasteiger partial charge in [-0.1, -0.05) is 52.0 Å². The number of ketones is 1. The first-order valence-electron chi connectivity index (χ1n) is 7.58. The number of aryl methyl sites for hydroxylation is 2. The summed E-state index contributed by atoms with van der Waals surface area (Å²) in [5.41, 5.74) is 3.70. The maximum atomic E-state index is 12.7. The largest absolute Gasteiger partial charge is 0.287 e. The van der Waals surface area contributed by atoms with Crippen molar-refractivity contribution in [2.24, 2.45) is 0 Å².